The molecule has 0 aromatic heterocycles. The van der Waals surface area contributed by atoms with E-state index in [0.717, 1.165) is 19.3 Å². The van der Waals surface area contributed by atoms with E-state index in [0.29, 0.717) is 24.6 Å². The first-order valence-corrected chi connectivity index (χ1v) is 10.4. The summed E-state index contributed by atoms with van der Waals surface area (Å²) in [6, 6.07) is 15.4. The maximum Gasteiger partial charge on any atom is 0.183 e. The van der Waals surface area contributed by atoms with E-state index in [-0.39, 0.29) is 11.5 Å². The molecule has 0 saturated carbocycles. The Morgan fingerprint density at radius 2 is 1.65 bits per heavy atom. The number of halogens is 1. The first-order chi connectivity index (χ1) is 12.4. The standard InChI is InChI=1S/C20H24FNO3S/c21-19-8-6-18(7-9-19)20(23)15-26(24,25)22-12-10-17(11-13-22)14-16-4-2-1-3-5-16/h1-9,17,24-25H,10-15H2. The molecule has 3 rings (SSSR count). The van der Waals surface area contributed by atoms with Gasteiger partial charge in [0.25, 0.3) is 0 Å². The zero-order valence-electron chi connectivity index (χ0n) is 14.6. The maximum atomic E-state index is 13.0. The van der Waals surface area contributed by atoms with Crippen LogP contribution in [0.3, 0.4) is 0 Å². The molecule has 26 heavy (non-hydrogen) atoms. The van der Waals surface area contributed by atoms with Crippen molar-refractivity contribution < 1.29 is 18.3 Å². The molecule has 2 aromatic rings. The Balaban J connectivity index is 1.54. The van der Waals surface area contributed by atoms with Crippen molar-refractivity contribution in [3.05, 3.63) is 71.5 Å². The van der Waals surface area contributed by atoms with E-state index in [9.17, 15) is 18.3 Å². The van der Waals surface area contributed by atoms with Crippen molar-refractivity contribution in [1.29, 1.82) is 0 Å². The lowest BCUT2D eigenvalue weighted by atomic mass is 9.91. The van der Waals surface area contributed by atoms with Crippen LogP contribution in [-0.2, 0) is 6.42 Å². The molecular weight excluding hydrogens is 353 g/mol. The highest BCUT2D eigenvalue weighted by Gasteiger charge is 2.30. The third-order valence-corrected chi connectivity index (χ3v) is 6.69. The quantitative estimate of drug-likeness (QED) is 0.721. The normalized spacial score (nSPS) is 17.2. The third kappa shape index (κ3) is 4.92. The Hall–Kier alpha value is -1.73. The number of hydrogen-bond acceptors (Lipinski definition) is 4. The molecule has 0 atom stereocenters. The number of Topliss-reactive ketones (excluding diaryl/α,β-unsaturated/α-hetero) is 1. The molecule has 140 valence electrons. The van der Waals surface area contributed by atoms with Gasteiger partial charge in [-0.25, -0.2) is 8.70 Å². The molecule has 4 nitrogen and oxygen atoms in total. The monoisotopic (exact) mass is 377 g/mol. The molecule has 2 N–H and O–H groups in total. The predicted molar refractivity (Wildman–Crippen MR) is 103 cm³/mol. The smallest absolute Gasteiger partial charge is 0.183 e. The lowest BCUT2D eigenvalue weighted by Crippen LogP contribution is -2.38. The number of carbonyl (C=O) groups is 1. The number of ketones is 1. The minimum absolute atomic E-state index is 0.297. The number of carbonyl (C=O) groups excluding carboxylic acids is 1. The number of piperidine rings is 1. The Morgan fingerprint density at radius 1 is 1.04 bits per heavy atom. The Kier molecular flexibility index (Phi) is 6.09. The van der Waals surface area contributed by atoms with Crippen LogP contribution in [0.2, 0.25) is 0 Å². The molecule has 1 heterocycles. The van der Waals surface area contributed by atoms with E-state index in [1.54, 1.807) is 4.31 Å². The summed E-state index contributed by atoms with van der Waals surface area (Å²) in [6.45, 7) is 1.13. The molecule has 0 bridgehead atoms. The third-order valence-electron chi connectivity index (χ3n) is 4.85. The number of benzene rings is 2. The van der Waals surface area contributed by atoms with Crippen molar-refractivity contribution in [3.63, 3.8) is 0 Å². The van der Waals surface area contributed by atoms with Crippen molar-refractivity contribution in [2.24, 2.45) is 5.92 Å². The van der Waals surface area contributed by atoms with Gasteiger partial charge in [0, 0.05) is 18.7 Å². The maximum absolute atomic E-state index is 13.0. The van der Waals surface area contributed by atoms with Gasteiger partial charge in [0.2, 0.25) is 0 Å². The molecule has 1 fully saturated rings. The summed E-state index contributed by atoms with van der Waals surface area (Å²) in [5.74, 6) is -0.635. The first kappa shape index (κ1) is 19.0. The predicted octanol–water partition coefficient (Wildman–Crippen LogP) is 4.63. The fourth-order valence-electron chi connectivity index (χ4n) is 3.34. The van der Waals surface area contributed by atoms with Crippen molar-refractivity contribution in [1.82, 2.24) is 4.31 Å². The van der Waals surface area contributed by atoms with Gasteiger partial charge in [0.1, 0.15) is 11.6 Å². The molecule has 1 aliphatic rings. The van der Waals surface area contributed by atoms with Crippen LogP contribution in [0.5, 0.6) is 0 Å². The summed E-state index contributed by atoms with van der Waals surface area (Å²) in [7, 11) is -3.15. The average Bonchev–Trinajstić information content (AvgIpc) is 2.63. The van der Waals surface area contributed by atoms with Crippen molar-refractivity contribution in [2.45, 2.75) is 19.3 Å². The van der Waals surface area contributed by atoms with Gasteiger partial charge in [-0.05, 0) is 55.0 Å². The average molecular weight is 377 g/mol. The number of rotatable bonds is 6. The Labute approximate surface area is 155 Å². The largest absolute Gasteiger partial charge is 0.292 e. The second kappa shape index (κ2) is 8.31. The van der Waals surface area contributed by atoms with Gasteiger partial charge in [0.15, 0.2) is 5.78 Å². The molecule has 0 aliphatic carbocycles. The van der Waals surface area contributed by atoms with Crippen LogP contribution >= 0.6 is 10.8 Å². The van der Waals surface area contributed by atoms with Gasteiger partial charge in [0.05, 0.1) is 0 Å². The van der Waals surface area contributed by atoms with Gasteiger partial charge in [-0.3, -0.25) is 13.9 Å². The summed E-state index contributed by atoms with van der Waals surface area (Å²) in [6.07, 6.45) is 2.73. The molecule has 0 radical (unpaired) electrons. The van der Waals surface area contributed by atoms with Crippen molar-refractivity contribution in [3.8, 4) is 0 Å². The van der Waals surface area contributed by atoms with Gasteiger partial charge in [-0.15, -0.1) is 10.8 Å². The summed E-state index contributed by atoms with van der Waals surface area (Å²) >= 11 is 0. The van der Waals surface area contributed by atoms with E-state index in [4.69, 9.17) is 0 Å². The van der Waals surface area contributed by atoms with Crippen molar-refractivity contribution >= 4 is 16.6 Å². The lowest BCUT2D eigenvalue weighted by molar-refractivity contribution is 0.101. The molecule has 0 unspecified atom stereocenters. The molecule has 0 amide bonds. The molecule has 1 aliphatic heterocycles. The van der Waals surface area contributed by atoms with Gasteiger partial charge in [-0.1, -0.05) is 30.3 Å². The van der Waals surface area contributed by atoms with Crippen LogP contribution in [0.25, 0.3) is 0 Å². The van der Waals surface area contributed by atoms with Gasteiger partial charge >= 0.3 is 0 Å². The fraction of sp³-hybridized carbons (Fsp3) is 0.350. The van der Waals surface area contributed by atoms with E-state index >= 15 is 0 Å². The van der Waals surface area contributed by atoms with E-state index in [2.05, 4.69) is 12.1 Å². The van der Waals surface area contributed by atoms with Crippen molar-refractivity contribution in [2.75, 3.05) is 18.8 Å². The minimum Gasteiger partial charge on any atom is -0.292 e. The van der Waals surface area contributed by atoms with E-state index in [1.165, 1.54) is 29.8 Å². The molecule has 6 heteroatoms. The molecular formula is C20H24FNO3S. The zero-order chi connectivity index (χ0) is 18.6. The summed E-state index contributed by atoms with van der Waals surface area (Å²) < 4.78 is 35.5. The summed E-state index contributed by atoms with van der Waals surface area (Å²) in [5, 5.41) is 0. The topological polar surface area (TPSA) is 60.8 Å². The van der Waals surface area contributed by atoms with Crippen LogP contribution in [0, 0.1) is 11.7 Å². The van der Waals surface area contributed by atoms with Crippen LogP contribution in [0.15, 0.2) is 54.6 Å². The SMILES string of the molecule is O=C(CS(O)(O)N1CCC(Cc2ccccc2)CC1)c1ccc(F)cc1. The summed E-state index contributed by atoms with van der Waals surface area (Å²) in [4.78, 5) is 12.3. The van der Waals surface area contributed by atoms with E-state index in [1.807, 2.05) is 18.2 Å². The second-order valence-corrected chi connectivity index (χ2v) is 8.84. The van der Waals surface area contributed by atoms with Crippen LogP contribution in [0.1, 0.15) is 28.8 Å². The van der Waals surface area contributed by atoms with Crippen LogP contribution in [0.4, 0.5) is 4.39 Å². The zero-order valence-corrected chi connectivity index (χ0v) is 15.4. The van der Waals surface area contributed by atoms with Gasteiger partial charge < -0.3 is 0 Å². The first-order valence-electron chi connectivity index (χ1n) is 8.78. The molecule has 1 saturated heterocycles. The van der Waals surface area contributed by atoms with Gasteiger partial charge in [-0.2, -0.15) is 0 Å². The molecule has 0 spiro atoms. The van der Waals surface area contributed by atoms with Crippen LogP contribution in [-0.4, -0.2) is 38.0 Å². The highest BCUT2D eigenvalue weighted by molar-refractivity contribution is 8.22. The number of hydrogen-bond donors (Lipinski definition) is 2. The summed E-state index contributed by atoms with van der Waals surface area (Å²) in [5.41, 5.74) is 1.59. The highest BCUT2D eigenvalue weighted by Crippen LogP contribution is 2.45. The van der Waals surface area contributed by atoms with Crippen LogP contribution < -0.4 is 0 Å². The molecule has 2 aromatic carbocycles. The Morgan fingerprint density at radius 3 is 2.27 bits per heavy atom. The minimum atomic E-state index is -3.15. The fourth-order valence-corrected chi connectivity index (χ4v) is 4.84. The number of nitrogens with zero attached hydrogens (tertiary/aromatic N) is 1. The van der Waals surface area contributed by atoms with E-state index < -0.39 is 16.6 Å². The highest BCUT2D eigenvalue weighted by atomic mass is 32.3. The lowest BCUT2D eigenvalue weighted by Gasteiger charge is -2.45. The Bertz CT molecular complexity index is 728. The second-order valence-electron chi connectivity index (χ2n) is 6.77.